The monoisotopic (exact) mass is 314 g/mol. The number of amides is 2. The number of anilines is 1. The Morgan fingerprint density at radius 3 is 2.39 bits per heavy atom. The lowest BCUT2D eigenvalue weighted by Crippen LogP contribution is -2.70. The van der Waals surface area contributed by atoms with Crippen LogP contribution in [0.25, 0.3) is 0 Å². The zero-order chi connectivity index (χ0) is 17.0. The van der Waals surface area contributed by atoms with E-state index in [1.807, 2.05) is 28.0 Å². The fraction of sp³-hybridized carbons (Fsp3) is 0.579. The maximum Gasteiger partial charge on any atom is 0.254 e. The second kappa shape index (κ2) is 5.08. The van der Waals surface area contributed by atoms with Gasteiger partial charge >= 0.3 is 0 Å². The van der Waals surface area contributed by atoms with Crippen LogP contribution in [-0.4, -0.2) is 35.3 Å². The van der Waals surface area contributed by atoms with E-state index in [-0.39, 0.29) is 22.8 Å². The quantitative estimate of drug-likeness (QED) is 0.798. The molecule has 2 heterocycles. The highest BCUT2D eigenvalue weighted by atomic mass is 16.2. The van der Waals surface area contributed by atoms with Gasteiger partial charge in [-0.2, -0.15) is 0 Å². The largest absolute Gasteiger partial charge is 0.332 e. The summed E-state index contributed by atoms with van der Waals surface area (Å²) in [6, 6.07) is 5.78. The Labute approximate surface area is 138 Å². The van der Waals surface area contributed by atoms with Crippen molar-refractivity contribution in [3.63, 3.8) is 0 Å². The minimum atomic E-state index is -0.134. The summed E-state index contributed by atoms with van der Waals surface area (Å²) in [6.07, 6.45) is 1.88. The molecule has 0 unspecified atom stereocenters. The summed E-state index contributed by atoms with van der Waals surface area (Å²) in [4.78, 5) is 28.4. The van der Waals surface area contributed by atoms with Gasteiger partial charge in [-0.15, -0.1) is 0 Å². The summed E-state index contributed by atoms with van der Waals surface area (Å²) < 4.78 is 0. The summed E-state index contributed by atoms with van der Waals surface area (Å²) >= 11 is 0. The maximum atomic E-state index is 12.9. The Hall–Kier alpha value is -1.84. The molecular weight excluding hydrogens is 288 g/mol. The number of rotatable bonds is 1. The number of likely N-dealkylation sites (tertiary alicyclic amines) is 1. The van der Waals surface area contributed by atoms with Crippen molar-refractivity contribution in [2.75, 3.05) is 18.0 Å². The molecule has 3 rings (SSSR count). The minimum absolute atomic E-state index is 0.0654. The average Bonchev–Trinajstić information content (AvgIpc) is 2.50. The molecule has 4 nitrogen and oxygen atoms in total. The fourth-order valence-corrected chi connectivity index (χ4v) is 3.60. The van der Waals surface area contributed by atoms with Gasteiger partial charge in [-0.05, 0) is 50.5 Å². The second-order valence-electron chi connectivity index (χ2n) is 7.95. The van der Waals surface area contributed by atoms with Crippen molar-refractivity contribution in [1.29, 1.82) is 0 Å². The van der Waals surface area contributed by atoms with Crippen LogP contribution in [-0.2, 0) is 11.2 Å². The van der Waals surface area contributed by atoms with Gasteiger partial charge in [-0.1, -0.05) is 13.8 Å². The van der Waals surface area contributed by atoms with Crippen molar-refractivity contribution in [1.82, 2.24) is 4.90 Å². The third-order valence-electron chi connectivity index (χ3n) is 5.95. The van der Waals surface area contributed by atoms with Gasteiger partial charge < -0.3 is 9.80 Å². The molecule has 0 saturated carbocycles. The number of benzene rings is 1. The normalized spacial score (nSPS) is 21.4. The third-order valence-corrected chi connectivity index (χ3v) is 5.95. The number of hydrogen-bond acceptors (Lipinski definition) is 2. The molecule has 2 aliphatic heterocycles. The van der Waals surface area contributed by atoms with E-state index >= 15 is 0 Å². The first-order valence-electron chi connectivity index (χ1n) is 8.38. The van der Waals surface area contributed by atoms with Gasteiger partial charge in [-0.25, -0.2) is 0 Å². The molecule has 0 aromatic heterocycles. The highest BCUT2D eigenvalue weighted by molar-refractivity contribution is 5.98. The maximum absolute atomic E-state index is 12.9. The van der Waals surface area contributed by atoms with Crippen LogP contribution in [0.4, 0.5) is 5.69 Å². The molecular formula is C19H26N2O2. The van der Waals surface area contributed by atoms with Gasteiger partial charge in [0, 0.05) is 42.2 Å². The summed E-state index contributed by atoms with van der Waals surface area (Å²) in [5.74, 6) is 0.160. The van der Waals surface area contributed by atoms with Gasteiger partial charge in [0.15, 0.2) is 0 Å². The lowest BCUT2D eigenvalue weighted by molar-refractivity contribution is -0.116. The first-order valence-corrected chi connectivity index (χ1v) is 8.38. The molecule has 1 aromatic rings. The van der Waals surface area contributed by atoms with Crippen LogP contribution >= 0.6 is 0 Å². The number of nitrogens with zero attached hydrogens (tertiary/aromatic N) is 2. The van der Waals surface area contributed by atoms with Crippen molar-refractivity contribution in [3.8, 4) is 0 Å². The smallest absolute Gasteiger partial charge is 0.254 e. The Balaban J connectivity index is 1.88. The third kappa shape index (κ3) is 2.35. The molecule has 0 bridgehead atoms. The molecule has 23 heavy (non-hydrogen) atoms. The van der Waals surface area contributed by atoms with Crippen molar-refractivity contribution in [2.45, 2.75) is 53.0 Å². The van der Waals surface area contributed by atoms with Gasteiger partial charge in [0.25, 0.3) is 5.91 Å². The van der Waals surface area contributed by atoms with E-state index in [1.165, 1.54) is 0 Å². The van der Waals surface area contributed by atoms with E-state index in [1.54, 1.807) is 6.92 Å². The van der Waals surface area contributed by atoms with Crippen LogP contribution < -0.4 is 4.90 Å². The number of carbonyl (C=O) groups excluding carboxylic acids is 2. The Morgan fingerprint density at radius 2 is 1.83 bits per heavy atom. The molecule has 0 spiro atoms. The summed E-state index contributed by atoms with van der Waals surface area (Å²) in [6.45, 7) is 11.8. The predicted octanol–water partition coefficient (Wildman–Crippen LogP) is 3.25. The van der Waals surface area contributed by atoms with E-state index < -0.39 is 0 Å². The second-order valence-corrected chi connectivity index (χ2v) is 7.95. The van der Waals surface area contributed by atoms with Crippen molar-refractivity contribution in [2.24, 2.45) is 5.41 Å². The molecule has 2 aliphatic rings. The summed E-state index contributed by atoms with van der Waals surface area (Å²) in [5, 5.41) is 0. The molecule has 124 valence electrons. The van der Waals surface area contributed by atoms with Crippen LogP contribution in [0.5, 0.6) is 0 Å². The van der Waals surface area contributed by atoms with E-state index in [9.17, 15) is 9.59 Å². The predicted molar refractivity (Wildman–Crippen MR) is 91.7 cm³/mol. The number of aryl methyl sites for hydroxylation is 1. The van der Waals surface area contributed by atoms with Gasteiger partial charge in [-0.3, -0.25) is 9.59 Å². The fourth-order valence-electron chi connectivity index (χ4n) is 3.60. The number of hydrogen-bond donors (Lipinski definition) is 0. The molecule has 1 fully saturated rings. The molecule has 0 N–H and O–H groups in total. The van der Waals surface area contributed by atoms with Gasteiger partial charge in [0.2, 0.25) is 5.91 Å². The van der Waals surface area contributed by atoms with Crippen molar-refractivity contribution >= 4 is 17.5 Å². The standard InChI is InChI=1S/C19H26N2O2/c1-13(22)20-10-6-7-14-11-15(8-9-16(14)20)17(23)21-12-18(2,3)19(21,4)5/h8-9,11H,6-7,10,12H2,1-5H3. The molecule has 0 aliphatic carbocycles. The topological polar surface area (TPSA) is 40.6 Å². The van der Waals surface area contributed by atoms with Gasteiger partial charge in [0.05, 0.1) is 0 Å². The number of fused-ring (bicyclic) bond motifs is 1. The molecule has 1 aromatic carbocycles. The van der Waals surface area contributed by atoms with E-state index in [2.05, 4.69) is 27.7 Å². The zero-order valence-corrected chi connectivity index (χ0v) is 14.8. The van der Waals surface area contributed by atoms with Crippen LogP contribution in [0.1, 0.15) is 57.0 Å². The van der Waals surface area contributed by atoms with E-state index in [4.69, 9.17) is 0 Å². The molecule has 0 radical (unpaired) electrons. The molecule has 1 saturated heterocycles. The molecule has 2 amide bonds. The SMILES string of the molecule is CC(=O)N1CCCc2cc(C(=O)N3CC(C)(C)C3(C)C)ccc21. The summed E-state index contributed by atoms with van der Waals surface area (Å²) in [5.41, 5.74) is 2.81. The van der Waals surface area contributed by atoms with Crippen LogP contribution in [0, 0.1) is 5.41 Å². The lowest BCUT2D eigenvalue weighted by Gasteiger charge is -2.61. The Kier molecular flexibility index (Phi) is 3.54. The van der Waals surface area contributed by atoms with Crippen LogP contribution in [0.3, 0.4) is 0 Å². The average molecular weight is 314 g/mol. The first-order chi connectivity index (χ1) is 10.6. The van der Waals surface area contributed by atoms with Crippen LogP contribution in [0.2, 0.25) is 0 Å². The number of carbonyl (C=O) groups is 2. The molecule has 0 atom stereocenters. The van der Waals surface area contributed by atoms with Gasteiger partial charge in [0.1, 0.15) is 0 Å². The summed E-state index contributed by atoms with van der Waals surface area (Å²) in [7, 11) is 0. The highest BCUT2D eigenvalue weighted by Gasteiger charge is 2.54. The Bertz CT molecular complexity index is 676. The molecule has 4 heteroatoms. The highest BCUT2D eigenvalue weighted by Crippen LogP contribution is 2.47. The van der Waals surface area contributed by atoms with E-state index in [0.717, 1.165) is 42.7 Å². The van der Waals surface area contributed by atoms with E-state index in [0.29, 0.717) is 0 Å². The zero-order valence-electron chi connectivity index (χ0n) is 14.8. The first kappa shape index (κ1) is 16.0. The lowest BCUT2D eigenvalue weighted by atomic mass is 9.65. The Morgan fingerprint density at radius 1 is 1.13 bits per heavy atom. The van der Waals surface area contributed by atoms with Crippen LogP contribution in [0.15, 0.2) is 18.2 Å². The van der Waals surface area contributed by atoms with Crippen molar-refractivity contribution < 1.29 is 9.59 Å². The minimum Gasteiger partial charge on any atom is -0.332 e. The van der Waals surface area contributed by atoms with Crippen molar-refractivity contribution in [3.05, 3.63) is 29.3 Å².